The predicted octanol–water partition coefficient (Wildman–Crippen LogP) is 13.3. The Labute approximate surface area is 355 Å². The molecule has 0 bridgehead atoms. The number of carbonyl (C=O) groups excluding carboxylic acids is 3. The average molecular weight is 842 g/mol. The second-order valence-corrected chi connectivity index (χ2v) is 17.3. The molecular weight excluding hydrogens is 753 g/mol. The molecule has 0 aromatic carbocycles. The van der Waals surface area contributed by atoms with Gasteiger partial charge < -0.3 is 19.7 Å². The molecule has 58 heavy (non-hydrogen) atoms. The van der Waals surface area contributed by atoms with E-state index in [1.54, 1.807) is 0 Å². The average Bonchev–Trinajstić information content (AvgIpc) is 3.20. The zero-order valence-corrected chi connectivity index (χ0v) is 38.4. The lowest BCUT2D eigenvalue weighted by molar-refractivity contribution is -0.161. The minimum absolute atomic E-state index is 0.0568. The standard InChI is InChI=1S/C47H88NO9P/c1-4-7-10-12-14-16-18-20-22-24-26-28-30-32-35-38-46(50)54-42-44(43-56-58(52,53)55-41-40-48-45(49)37-34-9-6-3)57-47(51)39-36-33-31-29-27-25-23-21-19-17-15-13-11-8-5-2/h20-23,44H,4-19,24-43H2,1-3H3,(H,48,49)(H,52,53). The molecule has 0 saturated carbocycles. The van der Waals surface area contributed by atoms with Crippen LogP contribution in [0.3, 0.4) is 0 Å². The Morgan fingerprint density at radius 1 is 0.517 bits per heavy atom. The molecule has 1 amide bonds. The van der Waals surface area contributed by atoms with Gasteiger partial charge in [0.05, 0.1) is 13.2 Å². The minimum Gasteiger partial charge on any atom is -0.462 e. The van der Waals surface area contributed by atoms with E-state index in [4.69, 9.17) is 18.5 Å². The van der Waals surface area contributed by atoms with Gasteiger partial charge in [-0.15, -0.1) is 0 Å². The van der Waals surface area contributed by atoms with E-state index in [0.717, 1.165) is 83.5 Å². The van der Waals surface area contributed by atoms with E-state index < -0.39 is 32.5 Å². The number of carbonyl (C=O) groups is 3. The largest absolute Gasteiger partial charge is 0.472 e. The second-order valence-electron chi connectivity index (χ2n) is 15.9. The topological polar surface area (TPSA) is 137 Å². The Hall–Kier alpha value is -2.00. The zero-order valence-electron chi connectivity index (χ0n) is 37.5. The van der Waals surface area contributed by atoms with Gasteiger partial charge in [0.15, 0.2) is 6.10 Å². The highest BCUT2D eigenvalue weighted by atomic mass is 31.2. The number of ether oxygens (including phenoxy) is 2. The summed E-state index contributed by atoms with van der Waals surface area (Å²) in [5.74, 6) is -1.03. The van der Waals surface area contributed by atoms with Gasteiger partial charge in [-0.1, -0.05) is 161 Å². The third-order valence-electron chi connectivity index (χ3n) is 10.1. The van der Waals surface area contributed by atoms with Gasteiger partial charge in [0, 0.05) is 25.8 Å². The van der Waals surface area contributed by atoms with E-state index in [9.17, 15) is 23.8 Å². The highest BCUT2D eigenvalue weighted by Gasteiger charge is 2.26. The van der Waals surface area contributed by atoms with E-state index in [1.807, 2.05) is 0 Å². The molecule has 0 aliphatic heterocycles. The molecule has 2 atom stereocenters. The first-order chi connectivity index (χ1) is 28.2. The number of esters is 2. The zero-order chi connectivity index (χ0) is 42.6. The number of rotatable bonds is 44. The summed E-state index contributed by atoms with van der Waals surface area (Å²) in [5.41, 5.74) is 0. The Morgan fingerprint density at radius 2 is 0.914 bits per heavy atom. The van der Waals surface area contributed by atoms with Crippen LogP contribution in [-0.4, -0.2) is 55.2 Å². The highest BCUT2D eigenvalue weighted by Crippen LogP contribution is 2.43. The highest BCUT2D eigenvalue weighted by molar-refractivity contribution is 7.47. The quantitative estimate of drug-likeness (QED) is 0.0266. The minimum atomic E-state index is -4.52. The van der Waals surface area contributed by atoms with Crippen LogP contribution in [0.25, 0.3) is 0 Å². The van der Waals surface area contributed by atoms with Crippen molar-refractivity contribution in [1.82, 2.24) is 5.32 Å². The number of phosphoric ester groups is 1. The maximum atomic E-state index is 12.7. The van der Waals surface area contributed by atoms with Gasteiger partial charge in [-0.3, -0.25) is 23.4 Å². The van der Waals surface area contributed by atoms with Crippen LogP contribution >= 0.6 is 7.82 Å². The van der Waals surface area contributed by atoms with Crippen LogP contribution in [-0.2, 0) is 37.5 Å². The molecular formula is C47H88NO9P. The van der Waals surface area contributed by atoms with Crippen molar-refractivity contribution >= 4 is 25.7 Å². The fourth-order valence-electron chi connectivity index (χ4n) is 6.49. The van der Waals surface area contributed by atoms with Crippen molar-refractivity contribution in [1.29, 1.82) is 0 Å². The van der Waals surface area contributed by atoms with Crippen LogP contribution in [0.5, 0.6) is 0 Å². The molecule has 0 aromatic rings. The molecule has 0 aromatic heterocycles. The lowest BCUT2D eigenvalue weighted by atomic mass is 10.1. The van der Waals surface area contributed by atoms with Crippen LogP contribution in [0.1, 0.15) is 226 Å². The van der Waals surface area contributed by atoms with Crippen molar-refractivity contribution in [2.75, 3.05) is 26.4 Å². The molecule has 0 spiro atoms. The van der Waals surface area contributed by atoms with Crippen LogP contribution in [0.15, 0.2) is 24.3 Å². The third-order valence-corrected chi connectivity index (χ3v) is 11.1. The lowest BCUT2D eigenvalue weighted by Crippen LogP contribution is -2.30. The molecule has 10 nitrogen and oxygen atoms in total. The molecule has 0 aliphatic carbocycles. The molecule has 0 aliphatic rings. The Morgan fingerprint density at radius 3 is 1.40 bits per heavy atom. The van der Waals surface area contributed by atoms with Gasteiger partial charge in [0.1, 0.15) is 6.61 Å². The molecule has 2 unspecified atom stereocenters. The summed E-state index contributed by atoms with van der Waals surface area (Å²) in [6, 6.07) is 0. The van der Waals surface area contributed by atoms with Crippen molar-refractivity contribution < 1.29 is 42.4 Å². The first-order valence-electron chi connectivity index (χ1n) is 23.8. The molecule has 0 heterocycles. The van der Waals surface area contributed by atoms with Gasteiger partial charge in [0.2, 0.25) is 5.91 Å². The van der Waals surface area contributed by atoms with Crippen LogP contribution in [0, 0.1) is 0 Å². The van der Waals surface area contributed by atoms with E-state index in [2.05, 4.69) is 50.4 Å². The molecule has 2 N–H and O–H groups in total. The summed E-state index contributed by atoms with van der Waals surface area (Å²) in [6.45, 7) is 5.62. The van der Waals surface area contributed by atoms with Gasteiger partial charge in [0.25, 0.3) is 0 Å². The first-order valence-corrected chi connectivity index (χ1v) is 25.3. The van der Waals surface area contributed by atoms with Crippen molar-refractivity contribution in [3.05, 3.63) is 24.3 Å². The number of phosphoric acid groups is 1. The van der Waals surface area contributed by atoms with Gasteiger partial charge in [-0.2, -0.15) is 0 Å². The Balaban J connectivity index is 4.50. The molecule has 0 radical (unpaired) electrons. The number of amides is 1. The Kier molecular flexibility index (Phi) is 41.6. The predicted molar refractivity (Wildman–Crippen MR) is 239 cm³/mol. The summed E-state index contributed by atoms with van der Waals surface area (Å²) in [5, 5.41) is 2.66. The summed E-state index contributed by atoms with van der Waals surface area (Å²) in [6.07, 6.45) is 41.9. The van der Waals surface area contributed by atoms with Gasteiger partial charge >= 0.3 is 19.8 Å². The number of nitrogens with one attached hydrogen (secondary N) is 1. The van der Waals surface area contributed by atoms with Gasteiger partial charge in [-0.05, 0) is 70.6 Å². The maximum absolute atomic E-state index is 12.7. The summed E-state index contributed by atoms with van der Waals surface area (Å²) < 4.78 is 33.6. The van der Waals surface area contributed by atoms with Gasteiger partial charge in [-0.25, -0.2) is 4.57 Å². The fraction of sp³-hybridized carbons (Fsp3) is 0.851. The number of unbranched alkanes of at least 4 members (excludes halogenated alkanes) is 24. The maximum Gasteiger partial charge on any atom is 0.472 e. The smallest absolute Gasteiger partial charge is 0.462 e. The molecule has 340 valence electrons. The fourth-order valence-corrected chi connectivity index (χ4v) is 7.24. The normalized spacial score (nSPS) is 13.2. The number of hydrogen-bond donors (Lipinski definition) is 2. The van der Waals surface area contributed by atoms with Crippen LogP contribution in [0.2, 0.25) is 0 Å². The van der Waals surface area contributed by atoms with E-state index in [1.165, 1.54) is 89.9 Å². The summed E-state index contributed by atoms with van der Waals surface area (Å²) in [7, 11) is -4.52. The van der Waals surface area contributed by atoms with Crippen molar-refractivity contribution in [2.24, 2.45) is 0 Å². The van der Waals surface area contributed by atoms with Crippen LogP contribution < -0.4 is 5.32 Å². The number of allylic oxidation sites excluding steroid dienone is 4. The molecule has 11 heteroatoms. The SMILES string of the molecule is CCCCCCCCC=CCCCCCCCC(=O)OCC(COP(=O)(O)OCCNC(=O)CCCCC)OC(=O)CCCCCCCC=CCCCCCCCC. The monoisotopic (exact) mass is 842 g/mol. The van der Waals surface area contributed by atoms with E-state index >= 15 is 0 Å². The molecule has 0 rings (SSSR count). The van der Waals surface area contributed by atoms with Crippen LogP contribution in [0.4, 0.5) is 0 Å². The first kappa shape index (κ1) is 56.0. The molecule has 0 saturated heterocycles. The van der Waals surface area contributed by atoms with Crippen molar-refractivity contribution in [3.8, 4) is 0 Å². The van der Waals surface area contributed by atoms with Crippen molar-refractivity contribution in [2.45, 2.75) is 232 Å². The molecule has 0 fully saturated rings. The number of hydrogen-bond acceptors (Lipinski definition) is 8. The third kappa shape index (κ3) is 42.1. The van der Waals surface area contributed by atoms with Crippen molar-refractivity contribution in [3.63, 3.8) is 0 Å². The summed E-state index contributed by atoms with van der Waals surface area (Å²) >= 11 is 0. The second kappa shape index (κ2) is 43.1. The Bertz CT molecular complexity index is 1070. The van der Waals surface area contributed by atoms with E-state index in [-0.39, 0.29) is 38.5 Å². The summed E-state index contributed by atoms with van der Waals surface area (Å²) in [4.78, 5) is 47.3. The lowest BCUT2D eigenvalue weighted by Gasteiger charge is -2.20. The van der Waals surface area contributed by atoms with E-state index in [0.29, 0.717) is 19.3 Å².